The van der Waals surface area contributed by atoms with E-state index in [1.54, 1.807) is 12.1 Å². The summed E-state index contributed by atoms with van der Waals surface area (Å²) in [6.45, 7) is 0. The van der Waals surface area contributed by atoms with Crippen molar-refractivity contribution in [2.24, 2.45) is 0 Å². The van der Waals surface area contributed by atoms with Gasteiger partial charge in [0.2, 0.25) is 5.91 Å². The fourth-order valence-corrected chi connectivity index (χ4v) is 4.52. The number of fused-ring (bicyclic) bond motifs is 1. The third-order valence-electron chi connectivity index (χ3n) is 3.90. The molecule has 2 aromatic rings. The number of para-hydroxylation sites is 1. The van der Waals surface area contributed by atoms with E-state index in [0.29, 0.717) is 11.4 Å². The van der Waals surface area contributed by atoms with Crippen LogP contribution in [0.1, 0.15) is 22.8 Å². The highest BCUT2D eigenvalue weighted by Gasteiger charge is 2.29. The average molecular weight is 352 g/mol. The number of anilines is 1. The van der Waals surface area contributed by atoms with Gasteiger partial charge in [0.15, 0.2) is 0 Å². The van der Waals surface area contributed by atoms with Gasteiger partial charge in [-0.2, -0.15) is 0 Å². The number of benzene rings is 2. The van der Waals surface area contributed by atoms with Crippen LogP contribution in [0.2, 0.25) is 5.02 Å². The molecule has 0 aliphatic heterocycles. The van der Waals surface area contributed by atoms with Crippen LogP contribution in [-0.2, 0) is 22.0 Å². The Morgan fingerprint density at radius 1 is 1.26 bits per heavy atom. The van der Waals surface area contributed by atoms with Crippen LogP contribution in [0.4, 0.5) is 10.1 Å². The first kappa shape index (κ1) is 16.1. The zero-order valence-electron chi connectivity index (χ0n) is 12.2. The highest BCUT2D eigenvalue weighted by atomic mass is 35.5. The normalized spacial score (nSPS) is 17.6. The van der Waals surface area contributed by atoms with Gasteiger partial charge in [0.1, 0.15) is 11.6 Å². The summed E-state index contributed by atoms with van der Waals surface area (Å²) in [6.07, 6.45) is 1.47. The van der Waals surface area contributed by atoms with E-state index in [0.717, 1.165) is 17.5 Å². The Hall–Kier alpha value is -1.72. The molecule has 0 unspecified atom stereocenters. The molecule has 0 bridgehead atoms. The molecule has 2 aromatic carbocycles. The minimum Gasteiger partial charge on any atom is -0.323 e. The molecule has 1 aliphatic rings. The van der Waals surface area contributed by atoms with E-state index in [1.807, 2.05) is 18.2 Å². The highest BCUT2D eigenvalue weighted by Crippen LogP contribution is 2.39. The Kier molecular flexibility index (Phi) is 4.78. The lowest BCUT2D eigenvalue weighted by atomic mass is 10.1. The van der Waals surface area contributed by atoms with Crippen molar-refractivity contribution in [2.75, 3.05) is 11.1 Å². The molecule has 1 amide bonds. The number of carbonyl (C=O) groups is 1. The minimum absolute atomic E-state index is 0.101. The molecule has 120 valence electrons. The summed E-state index contributed by atoms with van der Waals surface area (Å²) in [5, 5.41) is 2.95. The smallest absolute Gasteiger partial charge is 0.237 e. The minimum atomic E-state index is -1.37. The van der Waals surface area contributed by atoms with Crippen LogP contribution in [-0.4, -0.2) is 15.9 Å². The lowest BCUT2D eigenvalue weighted by Crippen LogP contribution is -2.22. The fourth-order valence-electron chi connectivity index (χ4n) is 2.82. The van der Waals surface area contributed by atoms with Crippen LogP contribution >= 0.6 is 11.6 Å². The molecule has 6 heteroatoms. The Labute approximate surface area is 141 Å². The van der Waals surface area contributed by atoms with Crippen LogP contribution < -0.4 is 5.32 Å². The number of rotatable bonds is 4. The van der Waals surface area contributed by atoms with Crippen molar-refractivity contribution in [1.82, 2.24) is 0 Å². The molecule has 1 N–H and O–H groups in total. The maximum atomic E-state index is 13.5. The fraction of sp³-hybridized carbons (Fsp3) is 0.235. The molecule has 2 atom stereocenters. The van der Waals surface area contributed by atoms with Crippen molar-refractivity contribution < 1.29 is 13.4 Å². The zero-order valence-corrected chi connectivity index (χ0v) is 13.8. The Bertz CT molecular complexity index is 781. The summed E-state index contributed by atoms with van der Waals surface area (Å²) < 4.78 is 26.0. The number of amides is 1. The molecule has 0 aromatic heterocycles. The lowest BCUT2D eigenvalue weighted by Gasteiger charge is -2.12. The number of halogens is 2. The number of nitrogens with one attached hydrogen (secondary N) is 1. The molecular formula is C17H15ClFNO2S. The molecule has 3 nitrogen and oxygen atoms in total. The second-order valence-corrected chi connectivity index (χ2v) is 7.41. The van der Waals surface area contributed by atoms with Gasteiger partial charge in [0.25, 0.3) is 0 Å². The van der Waals surface area contributed by atoms with E-state index in [9.17, 15) is 13.4 Å². The Morgan fingerprint density at radius 2 is 2.04 bits per heavy atom. The third-order valence-corrected chi connectivity index (χ3v) is 5.92. The molecule has 0 heterocycles. The van der Waals surface area contributed by atoms with Crippen molar-refractivity contribution in [1.29, 1.82) is 0 Å². The van der Waals surface area contributed by atoms with Crippen molar-refractivity contribution >= 4 is 34.0 Å². The maximum Gasteiger partial charge on any atom is 0.237 e. The summed E-state index contributed by atoms with van der Waals surface area (Å²) in [6, 6.07) is 11.5. The highest BCUT2D eigenvalue weighted by molar-refractivity contribution is 7.86. The summed E-state index contributed by atoms with van der Waals surface area (Å²) in [5.74, 6) is -1.13. The van der Waals surface area contributed by atoms with Crippen LogP contribution in [0.25, 0.3) is 0 Å². The summed E-state index contributed by atoms with van der Waals surface area (Å²) >= 11 is 6.15. The number of hydrogen-bond acceptors (Lipinski definition) is 2. The summed E-state index contributed by atoms with van der Waals surface area (Å²) in [7, 11) is -1.37. The van der Waals surface area contributed by atoms with Crippen molar-refractivity contribution in [2.45, 2.75) is 18.1 Å². The SMILES string of the molecule is O=C(C[S@@](=O)[C@H]1CCc2c(Cl)cccc21)Nc1ccccc1F. The van der Waals surface area contributed by atoms with Gasteiger partial charge in [-0.1, -0.05) is 35.9 Å². The van der Waals surface area contributed by atoms with Crippen molar-refractivity contribution in [3.8, 4) is 0 Å². The quantitative estimate of drug-likeness (QED) is 0.909. The van der Waals surface area contributed by atoms with Gasteiger partial charge in [-0.25, -0.2) is 4.39 Å². The van der Waals surface area contributed by atoms with Gasteiger partial charge in [0, 0.05) is 15.8 Å². The first-order chi connectivity index (χ1) is 11.1. The molecule has 0 radical (unpaired) electrons. The molecule has 0 spiro atoms. The first-order valence-corrected chi connectivity index (χ1v) is 9.01. The second-order valence-electron chi connectivity index (χ2n) is 5.39. The van der Waals surface area contributed by atoms with Gasteiger partial charge in [0.05, 0.1) is 10.9 Å². The summed E-state index contributed by atoms with van der Waals surface area (Å²) in [4.78, 5) is 12.0. The molecule has 0 fully saturated rings. The van der Waals surface area contributed by atoms with Crippen LogP contribution in [0.15, 0.2) is 42.5 Å². The molecule has 3 rings (SSSR count). The molecule has 0 saturated carbocycles. The maximum absolute atomic E-state index is 13.5. The number of carbonyl (C=O) groups excluding carboxylic acids is 1. The predicted octanol–water partition coefficient (Wildman–Crippen LogP) is 3.85. The third kappa shape index (κ3) is 3.46. The van der Waals surface area contributed by atoms with Crippen molar-refractivity contribution in [3.63, 3.8) is 0 Å². The van der Waals surface area contributed by atoms with E-state index in [1.165, 1.54) is 12.1 Å². The van der Waals surface area contributed by atoms with Gasteiger partial charge in [-0.3, -0.25) is 9.00 Å². The zero-order chi connectivity index (χ0) is 16.4. The molecular weight excluding hydrogens is 337 g/mol. The Morgan fingerprint density at radius 3 is 2.83 bits per heavy atom. The molecule has 23 heavy (non-hydrogen) atoms. The van der Waals surface area contributed by atoms with E-state index < -0.39 is 22.5 Å². The average Bonchev–Trinajstić information content (AvgIpc) is 2.95. The second kappa shape index (κ2) is 6.81. The number of hydrogen-bond donors (Lipinski definition) is 1. The van der Waals surface area contributed by atoms with E-state index >= 15 is 0 Å². The monoisotopic (exact) mass is 351 g/mol. The van der Waals surface area contributed by atoms with Crippen molar-refractivity contribution in [3.05, 3.63) is 64.4 Å². The molecule has 0 saturated heterocycles. The van der Waals surface area contributed by atoms with Gasteiger partial charge in [-0.15, -0.1) is 0 Å². The first-order valence-electron chi connectivity index (χ1n) is 7.25. The van der Waals surface area contributed by atoms with Gasteiger partial charge in [-0.05, 0) is 42.2 Å². The largest absolute Gasteiger partial charge is 0.323 e. The lowest BCUT2D eigenvalue weighted by molar-refractivity contribution is -0.113. The topological polar surface area (TPSA) is 46.2 Å². The van der Waals surface area contributed by atoms with Crippen LogP contribution in [0, 0.1) is 5.82 Å². The van der Waals surface area contributed by atoms with Crippen LogP contribution in [0.3, 0.4) is 0 Å². The van der Waals surface area contributed by atoms with Crippen LogP contribution in [0.5, 0.6) is 0 Å². The summed E-state index contributed by atoms with van der Waals surface area (Å²) in [5.41, 5.74) is 2.07. The van der Waals surface area contributed by atoms with Gasteiger partial charge < -0.3 is 5.32 Å². The standard InChI is InChI=1S/C17H15ClFNO2S/c18-13-5-3-4-12-11(13)8-9-16(12)23(22)10-17(21)20-15-7-2-1-6-14(15)19/h1-7,16H,8-10H2,(H,20,21)/t16-,23+/m0/s1. The van der Waals surface area contributed by atoms with E-state index in [4.69, 9.17) is 11.6 Å². The van der Waals surface area contributed by atoms with Gasteiger partial charge >= 0.3 is 0 Å². The predicted molar refractivity (Wildman–Crippen MR) is 90.6 cm³/mol. The van der Waals surface area contributed by atoms with E-state index in [2.05, 4.69) is 5.32 Å². The Balaban J connectivity index is 1.68. The van der Waals surface area contributed by atoms with E-state index in [-0.39, 0.29) is 16.7 Å². The molecule has 1 aliphatic carbocycles.